The first-order chi connectivity index (χ1) is 12.4. The van der Waals surface area contributed by atoms with Gasteiger partial charge < -0.3 is 9.32 Å². The summed E-state index contributed by atoms with van der Waals surface area (Å²) >= 11 is 5.91. The van der Waals surface area contributed by atoms with Gasteiger partial charge in [0.05, 0.1) is 18.1 Å². The Balaban J connectivity index is 1.78. The van der Waals surface area contributed by atoms with Gasteiger partial charge >= 0.3 is 0 Å². The maximum absolute atomic E-state index is 12.5. The van der Waals surface area contributed by atoms with Gasteiger partial charge in [0.15, 0.2) is 9.84 Å². The van der Waals surface area contributed by atoms with Crippen LogP contribution in [0.2, 0.25) is 5.02 Å². The maximum Gasteiger partial charge on any atom is 0.223 e. The fourth-order valence-corrected chi connectivity index (χ4v) is 5.06. The molecule has 140 valence electrons. The highest BCUT2D eigenvalue weighted by Crippen LogP contribution is 2.26. The molecule has 0 aliphatic carbocycles. The Morgan fingerprint density at radius 1 is 1.23 bits per heavy atom. The quantitative estimate of drug-likeness (QED) is 0.743. The van der Waals surface area contributed by atoms with Crippen LogP contribution in [0.1, 0.15) is 31.9 Å². The zero-order valence-corrected chi connectivity index (χ0v) is 16.2. The molecule has 5 nitrogen and oxygen atoms in total. The van der Waals surface area contributed by atoms with Gasteiger partial charge in [-0.1, -0.05) is 18.5 Å². The van der Waals surface area contributed by atoms with Crippen LogP contribution in [0.25, 0.3) is 11.3 Å². The number of carbonyl (C=O) groups is 1. The molecule has 1 aromatic heterocycles. The molecule has 1 fully saturated rings. The Bertz CT molecular complexity index is 873. The van der Waals surface area contributed by atoms with Crippen LogP contribution in [0.15, 0.2) is 40.8 Å². The van der Waals surface area contributed by atoms with E-state index in [0.717, 1.165) is 12.0 Å². The lowest BCUT2D eigenvalue weighted by atomic mass is 10.1. The molecule has 1 amide bonds. The summed E-state index contributed by atoms with van der Waals surface area (Å²) in [6, 6.07) is 10.7. The van der Waals surface area contributed by atoms with Crippen LogP contribution >= 0.6 is 11.6 Å². The molecule has 2 heterocycles. The second-order valence-corrected chi connectivity index (χ2v) is 9.27. The third-order valence-electron chi connectivity index (χ3n) is 4.55. The number of halogens is 1. The van der Waals surface area contributed by atoms with Crippen molar-refractivity contribution in [3.05, 3.63) is 47.2 Å². The van der Waals surface area contributed by atoms with Crippen LogP contribution in [0, 0.1) is 0 Å². The molecule has 2 aromatic rings. The van der Waals surface area contributed by atoms with E-state index in [-0.39, 0.29) is 30.0 Å². The van der Waals surface area contributed by atoms with Crippen LogP contribution in [0.3, 0.4) is 0 Å². The highest BCUT2D eigenvalue weighted by atomic mass is 35.5. The molecular formula is C19H22ClNO4S. The summed E-state index contributed by atoms with van der Waals surface area (Å²) in [6.07, 6.45) is 1.62. The van der Waals surface area contributed by atoms with Crippen molar-refractivity contribution in [1.82, 2.24) is 4.90 Å². The van der Waals surface area contributed by atoms with E-state index >= 15 is 0 Å². The van der Waals surface area contributed by atoms with Gasteiger partial charge in [-0.05, 0) is 49.2 Å². The highest BCUT2D eigenvalue weighted by molar-refractivity contribution is 7.91. The molecular weight excluding hydrogens is 374 g/mol. The van der Waals surface area contributed by atoms with E-state index in [2.05, 4.69) is 0 Å². The van der Waals surface area contributed by atoms with Crippen molar-refractivity contribution in [3.63, 3.8) is 0 Å². The van der Waals surface area contributed by atoms with E-state index < -0.39 is 9.84 Å². The lowest BCUT2D eigenvalue weighted by Gasteiger charge is -2.27. The average Bonchev–Trinajstić information content (AvgIpc) is 3.20. The second kappa shape index (κ2) is 7.84. The van der Waals surface area contributed by atoms with E-state index in [4.69, 9.17) is 16.0 Å². The molecule has 1 atom stereocenters. The van der Waals surface area contributed by atoms with E-state index in [9.17, 15) is 13.2 Å². The van der Waals surface area contributed by atoms with Crippen LogP contribution < -0.4 is 0 Å². The summed E-state index contributed by atoms with van der Waals surface area (Å²) in [7, 11) is -3.06. The number of hydrogen-bond donors (Lipinski definition) is 0. The van der Waals surface area contributed by atoms with Crippen LogP contribution in [0.4, 0.5) is 0 Å². The maximum atomic E-state index is 12.5. The third kappa shape index (κ3) is 4.48. The summed E-state index contributed by atoms with van der Waals surface area (Å²) in [5.74, 6) is 1.48. The lowest BCUT2D eigenvalue weighted by molar-refractivity contribution is -0.134. The number of nitrogens with zero attached hydrogens (tertiary/aromatic N) is 1. The minimum atomic E-state index is -3.06. The topological polar surface area (TPSA) is 67.6 Å². The highest BCUT2D eigenvalue weighted by Gasteiger charge is 2.34. The fraction of sp³-hybridized carbons (Fsp3) is 0.421. The Morgan fingerprint density at radius 2 is 1.96 bits per heavy atom. The minimum Gasteiger partial charge on any atom is -0.459 e. The van der Waals surface area contributed by atoms with Crippen LogP contribution in [-0.4, -0.2) is 36.8 Å². The minimum absolute atomic E-state index is 0.0287. The summed E-state index contributed by atoms with van der Waals surface area (Å²) in [4.78, 5) is 14.2. The first-order valence-electron chi connectivity index (χ1n) is 8.72. The van der Waals surface area contributed by atoms with E-state index in [1.54, 1.807) is 17.0 Å². The first-order valence-corrected chi connectivity index (χ1v) is 10.9. The smallest absolute Gasteiger partial charge is 0.223 e. The van der Waals surface area contributed by atoms with Gasteiger partial charge in [0.25, 0.3) is 0 Å². The van der Waals surface area contributed by atoms with Gasteiger partial charge in [-0.25, -0.2) is 8.42 Å². The largest absolute Gasteiger partial charge is 0.459 e. The van der Waals surface area contributed by atoms with Gasteiger partial charge in [0.2, 0.25) is 5.91 Å². The van der Waals surface area contributed by atoms with E-state index in [1.807, 2.05) is 31.2 Å². The molecule has 0 N–H and O–H groups in total. The number of sulfone groups is 1. The number of hydrogen-bond acceptors (Lipinski definition) is 4. The first kappa shape index (κ1) is 19.0. The summed E-state index contributed by atoms with van der Waals surface area (Å²) in [5, 5.41) is 0.652. The number of benzene rings is 1. The fourth-order valence-electron chi connectivity index (χ4n) is 3.20. The zero-order chi connectivity index (χ0) is 18.7. The van der Waals surface area contributed by atoms with Crippen molar-refractivity contribution >= 4 is 27.3 Å². The van der Waals surface area contributed by atoms with Gasteiger partial charge in [-0.2, -0.15) is 0 Å². The predicted molar refractivity (Wildman–Crippen MR) is 102 cm³/mol. The number of rotatable bonds is 6. The van der Waals surface area contributed by atoms with Crippen molar-refractivity contribution in [2.45, 2.75) is 38.8 Å². The number of furan rings is 1. The van der Waals surface area contributed by atoms with E-state index in [1.165, 1.54) is 0 Å². The summed E-state index contributed by atoms with van der Waals surface area (Å²) in [6.45, 7) is 2.22. The van der Waals surface area contributed by atoms with Gasteiger partial charge in [-0.15, -0.1) is 0 Å². The lowest BCUT2D eigenvalue weighted by Crippen LogP contribution is -2.40. The number of amides is 1. The average molecular weight is 396 g/mol. The van der Waals surface area contributed by atoms with Gasteiger partial charge in [0, 0.05) is 23.0 Å². The van der Waals surface area contributed by atoms with Crippen molar-refractivity contribution in [2.75, 3.05) is 11.5 Å². The monoisotopic (exact) mass is 395 g/mol. The second-order valence-electron chi connectivity index (χ2n) is 6.60. The standard InChI is InChI=1S/C19H22ClNO4S/c1-2-3-19(22)21(16-10-11-26(23,24)13-16)12-17-8-9-18(25-17)14-4-6-15(20)7-5-14/h4-9,16H,2-3,10-13H2,1H3/t16-/m1/s1. The molecule has 0 saturated carbocycles. The molecule has 1 aromatic carbocycles. The summed E-state index contributed by atoms with van der Waals surface area (Å²) in [5.41, 5.74) is 0.899. The van der Waals surface area contributed by atoms with Crippen LogP contribution in [-0.2, 0) is 21.2 Å². The molecule has 0 radical (unpaired) electrons. The third-order valence-corrected chi connectivity index (χ3v) is 6.55. The van der Waals surface area contributed by atoms with Gasteiger partial charge in [0.1, 0.15) is 11.5 Å². The molecule has 7 heteroatoms. The molecule has 1 aliphatic heterocycles. The Labute approximate surface area is 158 Å². The predicted octanol–water partition coefficient (Wildman–Crippen LogP) is 3.92. The van der Waals surface area contributed by atoms with Gasteiger partial charge in [-0.3, -0.25) is 4.79 Å². The Kier molecular flexibility index (Phi) is 5.73. The Hall–Kier alpha value is -1.79. The zero-order valence-electron chi connectivity index (χ0n) is 14.7. The molecule has 0 spiro atoms. The normalized spacial score (nSPS) is 18.8. The Morgan fingerprint density at radius 3 is 2.58 bits per heavy atom. The SMILES string of the molecule is CCCC(=O)N(Cc1ccc(-c2ccc(Cl)cc2)o1)[C@@H]1CCS(=O)(=O)C1. The van der Waals surface area contributed by atoms with E-state index in [0.29, 0.717) is 29.4 Å². The molecule has 1 saturated heterocycles. The molecule has 1 aliphatic rings. The molecule has 26 heavy (non-hydrogen) atoms. The van der Waals surface area contributed by atoms with Crippen molar-refractivity contribution in [1.29, 1.82) is 0 Å². The van der Waals surface area contributed by atoms with Crippen LogP contribution in [0.5, 0.6) is 0 Å². The van der Waals surface area contributed by atoms with Crippen molar-refractivity contribution in [2.24, 2.45) is 0 Å². The molecule has 0 bridgehead atoms. The molecule has 0 unspecified atom stereocenters. The number of carbonyl (C=O) groups excluding carboxylic acids is 1. The summed E-state index contributed by atoms with van der Waals surface area (Å²) < 4.78 is 29.5. The van der Waals surface area contributed by atoms with Crippen molar-refractivity contribution in [3.8, 4) is 11.3 Å². The molecule has 3 rings (SSSR count). The van der Waals surface area contributed by atoms with Crippen molar-refractivity contribution < 1.29 is 17.6 Å².